The minimum Gasteiger partial charge on any atom is -0.394 e. The van der Waals surface area contributed by atoms with Gasteiger partial charge in [0.05, 0.1) is 19.8 Å². The first-order chi connectivity index (χ1) is 14.6. The van der Waals surface area contributed by atoms with Crippen LogP contribution < -0.4 is 16.7 Å². The highest BCUT2D eigenvalue weighted by Gasteiger charge is 2.53. The van der Waals surface area contributed by atoms with Gasteiger partial charge in [0.1, 0.15) is 41.9 Å². The molecule has 2 aliphatic heterocycles. The first kappa shape index (κ1) is 23.5. The smallest absolute Gasteiger partial charge is 0.351 e. The molecule has 8 N–H and O–H groups in total. The van der Waals surface area contributed by atoms with Gasteiger partial charge in [-0.1, -0.05) is 0 Å². The lowest BCUT2D eigenvalue weighted by atomic mass is 9.98. The molecule has 0 bridgehead atoms. The molecule has 1 aromatic rings. The molecule has 2 fully saturated rings. The van der Waals surface area contributed by atoms with E-state index in [1.165, 1.54) is 19.2 Å². The van der Waals surface area contributed by atoms with E-state index in [9.17, 15) is 35.1 Å². The second-order valence-electron chi connectivity index (χ2n) is 7.56. The van der Waals surface area contributed by atoms with Crippen LogP contribution in [0.2, 0.25) is 0 Å². The van der Waals surface area contributed by atoms with Crippen molar-refractivity contribution in [3.8, 4) is 0 Å². The third kappa shape index (κ3) is 4.70. The Balaban J connectivity index is 1.65. The van der Waals surface area contributed by atoms with Crippen molar-refractivity contribution in [2.24, 2.45) is 5.73 Å². The van der Waals surface area contributed by atoms with Crippen LogP contribution in [-0.2, 0) is 19.0 Å². The van der Waals surface area contributed by atoms with E-state index in [0.29, 0.717) is 0 Å². The molecular formula is C17H26N4O10. The van der Waals surface area contributed by atoms with Crippen molar-refractivity contribution in [2.75, 3.05) is 25.1 Å². The van der Waals surface area contributed by atoms with E-state index in [0.717, 1.165) is 4.57 Å². The average Bonchev–Trinajstić information content (AvgIpc) is 3.12. The molecule has 3 rings (SSSR count). The Hall–Kier alpha value is -2.17. The van der Waals surface area contributed by atoms with Crippen LogP contribution in [0.25, 0.3) is 0 Å². The maximum atomic E-state index is 12.3. The summed E-state index contributed by atoms with van der Waals surface area (Å²) in [5.41, 5.74) is 2.37. The number of aliphatic hydroxyl groups excluding tert-OH is 4. The maximum absolute atomic E-state index is 12.3. The molecule has 0 radical (unpaired) electrons. The number of carbonyl (C=O) groups is 1. The van der Waals surface area contributed by atoms with E-state index in [1.807, 2.05) is 0 Å². The van der Waals surface area contributed by atoms with Gasteiger partial charge in [0.15, 0.2) is 12.5 Å². The van der Waals surface area contributed by atoms with Crippen molar-refractivity contribution in [2.45, 2.75) is 55.6 Å². The van der Waals surface area contributed by atoms with Gasteiger partial charge in [-0.05, 0) is 13.0 Å². The molecule has 3 heterocycles. The summed E-state index contributed by atoms with van der Waals surface area (Å²) in [6.45, 7) is 0.137. The van der Waals surface area contributed by atoms with Gasteiger partial charge < -0.3 is 50.8 Å². The fourth-order valence-electron chi connectivity index (χ4n) is 3.40. The minimum atomic E-state index is -1.83. The van der Waals surface area contributed by atoms with Crippen molar-refractivity contribution in [3.63, 3.8) is 0 Å². The fraction of sp³-hybridized carbons (Fsp3) is 0.706. The molecule has 174 valence electrons. The second kappa shape index (κ2) is 9.13. The number of ether oxygens (including phenoxy) is 3. The Morgan fingerprint density at radius 2 is 2.03 bits per heavy atom. The third-order valence-corrected chi connectivity index (χ3v) is 5.20. The normalized spacial score (nSPS) is 37.8. The van der Waals surface area contributed by atoms with Gasteiger partial charge in [0.25, 0.3) is 0 Å². The molecule has 0 aromatic carbocycles. The lowest BCUT2D eigenvalue weighted by Gasteiger charge is -2.27. The number of primary amides is 1. The molecule has 0 unspecified atom stereocenters. The lowest BCUT2D eigenvalue weighted by molar-refractivity contribution is -0.217. The predicted octanol–water partition coefficient (Wildman–Crippen LogP) is -4.39. The monoisotopic (exact) mass is 446 g/mol. The van der Waals surface area contributed by atoms with Crippen LogP contribution in [-0.4, -0.2) is 103 Å². The number of nitrogens with two attached hydrogens (primary N) is 1. The number of anilines is 1. The Kier molecular flexibility index (Phi) is 6.92. The summed E-state index contributed by atoms with van der Waals surface area (Å²) in [5, 5.41) is 52.7. The molecule has 14 heteroatoms. The quantitative estimate of drug-likeness (QED) is 0.201. The second-order valence-corrected chi connectivity index (χ2v) is 7.56. The number of aliphatic hydroxyl groups is 5. The van der Waals surface area contributed by atoms with E-state index >= 15 is 0 Å². The number of hydrogen-bond acceptors (Lipinski definition) is 12. The van der Waals surface area contributed by atoms with Crippen LogP contribution in [0, 0.1) is 0 Å². The van der Waals surface area contributed by atoms with E-state index in [2.05, 4.69) is 10.3 Å². The van der Waals surface area contributed by atoms with Crippen molar-refractivity contribution < 1.29 is 44.5 Å². The van der Waals surface area contributed by atoms with Crippen molar-refractivity contribution in [3.05, 3.63) is 22.7 Å². The van der Waals surface area contributed by atoms with Crippen LogP contribution in [0.4, 0.5) is 5.82 Å². The molecule has 1 amide bonds. The Morgan fingerprint density at radius 3 is 2.61 bits per heavy atom. The Morgan fingerprint density at radius 1 is 1.32 bits per heavy atom. The number of nitrogens with zero attached hydrogens (tertiary/aromatic N) is 2. The molecule has 8 atom stereocenters. The van der Waals surface area contributed by atoms with Crippen molar-refractivity contribution >= 4 is 11.7 Å². The highest BCUT2D eigenvalue weighted by molar-refractivity contribution is 5.78. The first-order valence-corrected chi connectivity index (χ1v) is 9.47. The molecule has 14 nitrogen and oxygen atoms in total. The van der Waals surface area contributed by atoms with Gasteiger partial charge in [-0.2, -0.15) is 4.98 Å². The van der Waals surface area contributed by atoms with Gasteiger partial charge in [-0.3, -0.25) is 9.36 Å². The summed E-state index contributed by atoms with van der Waals surface area (Å²) in [6, 6.07) is 1.36. The van der Waals surface area contributed by atoms with Crippen LogP contribution in [0.5, 0.6) is 0 Å². The number of nitrogens with one attached hydrogen (secondary N) is 1. The lowest BCUT2D eigenvalue weighted by Crippen LogP contribution is -2.47. The van der Waals surface area contributed by atoms with Crippen molar-refractivity contribution in [1.29, 1.82) is 0 Å². The van der Waals surface area contributed by atoms with Gasteiger partial charge in [-0.25, -0.2) is 4.79 Å². The summed E-state index contributed by atoms with van der Waals surface area (Å²) in [4.78, 5) is 26.8. The zero-order valence-electron chi connectivity index (χ0n) is 16.6. The van der Waals surface area contributed by atoms with Crippen LogP contribution >= 0.6 is 0 Å². The first-order valence-electron chi connectivity index (χ1n) is 9.47. The Labute approximate surface area is 175 Å². The van der Waals surface area contributed by atoms with E-state index in [4.69, 9.17) is 19.9 Å². The summed E-state index contributed by atoms with van der Waals surface area (Å²) >= 11 is 0. The van der Waals surface area contributed by atoms with Crippen LogP contribution in [0.15, 0.2) is 17.1 Å². The maximum Gasteiger partial charge on any atom is 0.351 e. The Bertz CT molecular complexity index is 848. The largest absolute Gasteiger partial charge is 0.394 e. The number of amides is 1. The van der Waals surface area contributed by atoms with E-state index in [1.54, 1.807) is 0 Å². The summed E-state index contributed by atoms with van der Waals surface area (Å²) in [6.07, 6.45) is -7.87. The molecule has 1 aromatic heterocycles. The summed E-state index contributed by atoms with van der Waals surface area (Å²) in [5.74, 6) is -0.555. The van der Waals surface area contributed by atoms with E-state index in [-0.39, 0.29) is 19.0 Å². The predicted molar refractivity (Wildman–Crippen MR) is 100 cm³/mol. The molecule has 0 aliphatic carbocycles. The molecule has 2 aliphatic rings. The molecule has 0 spiro atoms. The standard InChI is InChI=1S/C17H26N4O10/c1-17(28)13(26)7(5-22)31-15(17)29-6-8-11(24)12(25)14(30-8)21-3-2-10(20-16(21)27)19-4-9(18)23/h2-3,7-8,11-15,22,24-26,28H,4-6H2,1H3,(H2,18,23)(H,19,20,27)/t7-,8-,11-,12-,13-,14-,15-,17-/m1/s1. The zero-order valence-corrected chi connectivity index (χ0v) is 16.6. The number of carbonyl (C=O) groups excluding carboxylic acids is 1. The summed E-state index contributed by atoms with van der Waals surface area (Å²) < 4.78 is 17.2. The summed E-state index contributed by atoms with van der Waals surface area (Å²) in [7, 11) is 0. The van der Waals surface area contributed by atoms with Crippen molar-refractivity contribution in [1.82, 2.24) is 9.55 Å². The van der Waals surface area contributed by atoms with Crippen LogP contribution in [0.3, 0.4) is 0 Å². The minimum absolute atomic E-state index is 0.0885. The molecule has 2 saturated heterocycles. The van der Waals surface area contributed by atoms with Gasteiger partial charge in [-0.15, -0.1) is 0 Å². The topological polar surface area (TPSA) is 219 Å². The fourth-order valence-corrected chi connectivity index (χ4v) is 3.40. The molecule has 31 heavy (non-hydrogen) atoms. The van der Waals surface area contributed by atoms with Crippen LogP contribution in [0.1, 0.15) is 13.2 Å². The highest BCUT2D eigenvalue weighted by Crippen LogP contribution is 2.33. The van der Waals surface area contributed by atoms with Gasteiger partial charge in [0.2, 0.25) is 5.91 Å². The molecular weight excluding hydrogens is 420 g/mol. The van der Waals surface area contributed by atoms with Gasteiger partial charge >= 0.3 is 5.69 Å². The van der Waals surface area contributed by atoms with E-state index < -0.39 is 66.8 Å². The zero-order chi connectivity index (χ0) is 22.9. The average molecular weight is 446 g/mol. The number of aromatic nitrogens is 2. The number of hydrogen-bond donors (Lipinski definition) is 7. The highest BCUT2D eigenvalue weighted by atomic mass is 16.7. The number of rotatable bonds is 8. The van der Waals surface area contributed by atoms with Gasteiger partial charge in [0, 0.05) is 6.20 Å². The SMILES string of the molecule is C[C@]1(O)[C@H](OC[C@H]2O[C@@H](n3ccc(NCC(N)=O)nc3=O)[C@H](O)[C@@H]2O)O[C@H](CO)[C@H]1O. The molecule has 0 saturated carbocycles. The third-order valence-electron chi connectivity index (χ3n) is 5.20.